The fraction of sp³-hybridized carbons (Fsp3) is 0.375. The number of halogens is 1. The average Bonchev–Trinajstić information content (AvgIpc) is 3.12. The Hall–Kier alpha value is -2.45. The normalized spacial score (nSPS) is 30.4. The largest absolute Gasteiger partial charge is 0.385 e. The van der Waals surface area contributed by atoms with Gasteiger partial charge in [0, 0.05) is 16.5 Å². The molecular weight excluding hydrogens is 346 g/mol. The number of aromatic amines is 1. The Labute approximate surface area is 146 Å². The van der Waals surface area contributed by atoms with E-state index in [0.717, 1.165) is 16.5 Å². The highest BCUT2D eigenvalue weighted by Gasteiger charge is 2.62. The van der Waals surface area contributed by atoms with Gasteiger partial charge in [0.15, 0.2) is 5.69 Å². The Morgan fingerprint density at radius 2 is 2.16 bits per heavy atom. The summed E-state index contributed by atoms with van der Waals surface area (Å²) < 4.78 is 4.44. The molecule has 2 saturated carbocycles. The number of carbonyl (C=O) groups excluding carboxylic acids is 1. The number of benzene rings is 1. The molecule has 0 unspecified atom stereocenters. The first kappa shape index (κ1) is 14.9. The molecule has 25 heavy (non-hydrogen) atoms. The van der Waals surface area contributed by atoms with Gasteiger partial charge in [-0.05, 0) is 47.5 Å². The summed E-state index contributed by atoms with van der Waals surface area (Å²) in [6, 6.07) is 3.64. The van der Waals surface area contributed by atoms with Gasteiger partial charge in [-0.3, -0.25) is 9.89 Å². The third kappa shape index (κ3) is 2.25. The molecule has 0 aliphatic heterocycles. The molecule has 2 aliphatic carbocycles. The first-order valence-electron chi connectivity index (χ1n) is 7.99. The van der Waals surface area contributed by atoms with Gasteiger partial charge in [0.2, 0.25) is 0 Å². The molecule has 3 N–H and O–H groups in total. The van der Waals surface area contributed by atoms with E-state index < -0.39 is 5.60 Å². The lowest BCUT2D eigenvalue weighted by Gasteiger charge is -2.27. The average molecular weight is 360 g/mol. The van der Waals surface area contributed by atoms with Crippen molar-refractivity contribution in [3.05, 3.63) is 40.8 Å². The maximum absolute atomic E-state index is 12.0. The van der Waals surface area contributed by atoms with Crippen LogP contribution in [-0.2, 0) is 5.60 Å². The first-order chi connectivity index (χ1) is 12.0. The van der Waals surface area contributed by atoms with E-state index in [-0.39, 0.29) is 29.5 Å². The van der Waals surface area contributed by atoms with Gasteiger partial charge in [0.05, 0.1) is 17.3 Å². The van der Waals surface area contributed by atoms with Crippen LogP contribution in [-0.4, -0.2) is 37.6 Å². The van der Waals surface area contributed by atoms with Gasteiger partial charge in [0.1, 0.15) is 6.20 Å². The van der Waals surface area contributed by atoms with Crippen LogP contribution in [0.15, 0.2) is 29.2 Å². The molecule has 8 nitrogen and oxygen atoms in total. The fourth-order valence-corrected chi connectivity index (χ4v) is 4.41. The van der Waals surface area contributed by atoms with E-state index in [1.54, 1.807) is 18.3 Å². The van der Waals surface area contributed by atoms with Crippen LogP contribution < -0.4 is 5.32 Å². The van der Waals surface area contributed by atoms with Crippen molar-refractivity contribution in [1.29, 1.82) is 0 Å². The van der Waals surface area contributed by atoms with Crippen LogP contribution in [0.5, 0.6) is 0 Å². The molecule has 1 aromatic carbocycles. The van der Waals surface area contributed by atoms with Crippen LogP contribution >= 0.6 is 11.6 Å². The zero-order valence-corrected chi connectivity index (χ0v) is 13.7. The number of hydrogen-bond acceptors (Lipinski definition) is 6. The highest BCUT2D eigenvalue weighted by atomic mass is 35.5. The van der Waals surface area contributed by atoms with E-state index in [4.69, 9.17) is 11.6 Å². The van der Waals surface area contributed by atoms with Crippen LogP contribution in [0.1, 0.15) is 28.9 Å². The summed E-state index contributed by atoms with van der Waals surface area (Å²) in [5.41, 5.74) is 0.802. The number of aromatic nitrogens is 4. The van der Waals surface area contributed by atoms with Crippen molar-refractivity contribution in [3.8, 4) is 0 Å². The Kier molecular flexibility index (Phi) is 2.99. The monoisotopic (exact) mass is 359 g/mol. The Morgan fingerprint density at radius 3 is 2.88 bits per heavy atom. The number of nitrogens with one attached hydrogen (secondary N) is 2. The summed E-state index contributed by atoms with van der Waals surface area (Å²) in [6.07, 6.45) is 4.13. The van der Waals surface area contributed by atoms with Crippen molar-refractivity contribution < 1.29 is 14.5 Å². The highest BCUT2D eigenvalue weighted by molar-refractivity contribution is 6.31. The van der Waals surface area contributed by atoms with Gasteiger partial charge in [-0.1, -0.05) is 16.8 Å². The lowest BCUT2D eigenvalue weighted by Crippen LogP contribution is -2.33. The minimum atomic E-state index is -0.959. The van der Waals surface area contributed by atoms with Gasteiger partial charge in [-0.25, -0.2) is 4.63 Å². The summed E-state index contributed by atoms with van der Waals surface area (Å²) in [6.45, 7) is 0. The van der Waals surface area contributed by atoms with E-state index in [2.05, 4.69) is 30.5 Å². The van der Waals surface area contributed by atoms with Crippen molar-refractivity contribution in [2.45, 2.75) is 24.5 Å². The predicted molar refractivity (Wildman–Crippen MR) is 86.8 cm³/mol. The third-order valence-electron chi connectivity index (χ3n) is 5.39. The zero-order chi connectivity index (χ0) is 17.2. The molecule has 5 rings (SSSR count). The van der Waals surface area contributed by atoms with E-state index in [0.29, 0.717) is 17.9 Å². The lowest BCUT2D eigenvalue weighted by atomic mass is 9.86. The van der Waals surface area contributed by atoms with Crippen LogP contribution in [0.25, 0.3) is 10.9 Å². The predicted octanol–water partition coefficient (Wildman–Crippen LogP) is 1.63. The van der Waals surface area contributed by atoms with E-state index >= 15 is 0 Å². The number of H-pyrrole nitrogens is 1. The minimum Gasteiger partial charge on any atom is -0.385 e. The Morgan fingerprint density at radius 1 is 1.36 bits per heavy atom. The molecule has 4 atom stereocenters. The summed E-state index contributed by atoms with van der Waals surface area (Å²) in [7, 11) is 0. The third-order valence-corrected chi connectivity index (χ3v) is 5.61. The molecule has 3 aromatic rings. The van der Waals surface area contributed by atoms with Crippen molar-refractivity contribution in [3.63, 3.8) is 0 Å². The van der Waals surface area contributed by atoms with E-state index in [1.165, 1.54) is 6.20 Å². The van der Waals surface area contributed by atoms with Gasteiger partial charge in [-0.2, -0.15) is 5.10 Å². The van der Waals surface area contributed by atoms with Gasteiger partial charge in [-0.15, -0.1) is 0 Å². The number of carbonyl (C=O) groups is 1. The molecule has 1 amide bonds. The summed E-state index contributed by atoms with van der Waals surface area (Å²) in [5.74, 6) is 0.161. The van der Waals surface area contributed by atoms with Crippen LogP contribution in [0.2, 0.25) is 5.02 Å². The number of fused-ring (bicyclic) bond motifs is 2. The summed E-state index contributed by atoms with van der Waals surface area (Å²) in [5, 5.41) is 29.5. The second-order valence-electron chi connectivity index (χ2n) is 6.84. The molecule has 2 fully saturated rings. The molecule has 2 heterocycles. The van der Waals surface area contributed by atoms with E-state index in [9.17, 15) is 9.90 Å². The molecule has 2 aliphatic rings. The van der Waals surface area contributed by atoms with Crippen LogP contribution in [0.3, 0.4) is 0 Å². The Balaban J connectivity index is 1.35. The molecule has 0 radical (unpaired) electrons. The Bertz CT molecular complexity index is 957. The SMILES string of the molecule is O=C(N[C@@H]1[C@@H]2C[C@@](O)(c3cc(Cl)cc4[nH]ncc34)C[C@@H]21)c1cnon1. The van der Waals surface area contributed by atoms with Crippen molar-refractivity contribution in [2.24, 2.45) is 11.8 Å². The highest BCUT2D eigenvalue weighted by Crippen LogP contribution is 2.60. The number of amides is 1. The topological polar surface area (TPSA) is 117 Å². The van der Waals surface area contributed by atoms with E-state index in [1.807, 2.05) is 0 Å². The maximum Gasteiger partial charge on any atom is 0.275 e. The quantitative estimate of drug-likeness (QED) is 0.654. The van der Waals surface area contributed by atoms with Crippen LogP contribution in [0, 0.1) is 11.8 Å². The summed E-state index contributed by atoms with van der Waals surface area (Å²) >= 11 is 6.19. The van der Waals surface area contributed by atoms with Crippen molar-refractivity contribution in [1.82, 2.24) is 25.8 Å². The molecule has 2 aromatic heterocycles. The lowest BCUT2D eigenvalue weighted by molar-refractivity contribution is 0.0292. The smallest absolute Gasteiger partial charge is 0.275 e. The number of nitrogens with zero attached hydrogens (tertiary/aromatic N) is 3. The van der Waals surface area contributed by atoms with Crippen LogP contribution in [0.4, 0.5) is 0 Å². The van der Waals surface area contributed by atoms with Gasteiger partial charge in [0.25, 0.3) is 5.91 Å². The van der Waals surface area contributed by atoms with Gasteiger partial charge >= 0.3 is 0 Å². The fourth-order valence-electron chi connectivity index (χ4n) is 4.19. The molecule has 0 spiro atoms. The minimum absolute atomic E-state index is 0.0449. The summed E-state index contributed by atoms with van der Waals surface area (Å²) in [4.78, 5) is 12.0. The van der Waals surface area contributed by atoms with Crippen molar-refractivity contribution >= 4 is 28.4 Å². The number of hydrogen-bond donors (Lipinski definition) is 3. The van der Waals surface area contributed by atoms with Crippen molar-refractivity contribution in [2.75, 3.05) is 0 Å². The zero-order valence-electron chi connectivity index (χ0n) is 12.9. The van der Waals surface area contributed by atoms with Gasteiger partial charge < -0.3 is 10.4 Å². The second-order valence-corrected chi connectivity index (χ2v) is 7.28. The molecule has 0 saturated heterocycles. The second kappa shape index (κ2) is 5.03. The number of aliphatic hydroxyl groups is 1. The standard InChI is InChI=1S/C16H14ClN5O3/c17-7-1-11(10-5-18-21-12(10)2-7)16(24)3-8-9(4-16)14(8)20-15(23)13-6-19-25-22-13/h1-2,5-6,8-9,14,24H,3-4H2,(H,18,21)(H,20,23)/t8-,9+,14-,16+. The molecular formula is C16H14ClN5O3. The molecule has 0 bridgehead atoms. The maximum atomic E-state index is 12.0. The molecule has 9 heteroatoms. The first-order valence-corrected chi connectivity index (χ1v) is 8.37. The number of rotatable bonds is 3. The molecule has 128 valence electrons.